The Kier molecular flexibility index (Phi) is 7.88. The molecular weight excluding hydrogens is 518 g/mol. The molecule has 222 valence electrons. The van der Waals surface area contributed by atoms with Gasteiger partial charge in [-0.05, 0) is 30.9 Å². The molecule has 4 rings (SSSR count). The molecule has 0 aromatic carbocycles. The summed E-state index contributed by atoms with van der Waals surface area (Å²) in [5.74, 6) is -5.01. The third kappa shape index (κ3) is 4.43. The summed E-state index contributed by atoms with van der Waals surface area (Å²) in [5.41, 5.74) is 0.228. The molecule has 10 nitrogen and oxygen atoms in total. The lowest BCUT2D eigenvalue weighted by atomic mass is 9.59. The number of carbonyl (C=O) groups excluding carboxylic acids is 4. The third-order valence-corrected chi connectivity index (χ3v) is 10.1. The summed E-state index contributed by atoms with van der Waals surface area (Å²) in [6, 6.07) is 0. The first kappa shape index (κ1) is 30.4. The lowest BCUT2D eigenvalue weighted by Crippen LogP contribution is -2.66. The summed E-state index contributed by atoms with van der Waals surface area (Å²) in [5, 5.41) is 34.5. The third-order valence-electron chi connectivity index (χ3n) is 10.1. The van der Waals surface area contributed by atoms with Gasteiger partial charge in [0.25, 0.3) is 0 Å². The molecule has 0 aliphatic heterocycles. The van der Waals surface area contributed by atoms with Gasteiger partial charge in [-0.3, -0.25) is 19.2 Å². The number of aliphatic hydroxyl groups excluding tert-OH is 1. The Morgan fingerprint density at radius 3 is 2.27 bits per heavy atom. The predicted molar refractivity (Wildman–Crippen MR) is 143 cm³/mol. The predicted octanol–water partition coefficient (Wildman–Crippen LogP) is 1.88. The molecule has 0 aromatic rings. The largest absolute Gasteiger partial charge is 0.458 e. The van der Waals surface area contributed by atoms with E-state index in [4.69, 9.17) is 15.2 Å². The molecule has 40 heavy (non-hydrogen) atoms. The van der Waals surface area contributed by atoms with Gasteiger partial charge in [0, 0.05) is 55.3 Å². The van der Waals surface area contributed by atoms with Crippen molar-refractivity contribution in [1.82, 2.24) is 0 Å². The maximum absolute atomic E-state index is 13.2. The zero-order chi connectivity index (χ0) is 29.8. The number of unbranched alkanes of at least 4 members (excludes halogenated alkanes) is 3. The van der Waals surface area contributed by atoms with Crippen LogP contribution in [0.5, 0.6) is 0 Å². The Bertz CT molecular complexity index is 1160. The molecule has 4 aliphatic carbocycles. The summed E-state index contributed by atoms with van der Waals surface area (Å²) < 4.78 is 12.1. The van der Waals surface area contributed by atoms with E-state index in [1.165, 1.54) is 6.92 Å². The number of ether oxygens (including phenoxy) is 2. The Hall–Kier alpha value is -2.56. The van der Waals surface area contributed by atoms with Crippen LogP contribution in [0.15, 0.2) is 23.3 Å². The fourth-order valence-corrected chi connectivity index (χ4v) is 8.18. The second-order valence-electron chi connectivity index (χ2n) is 12.8. The minimum Gasteiger partial charge on any atom is -0.458 e. The molecule has 0 bridgehead atoms. The SMILES string of the molecule is CC(=O)O[C@]12C([C@@H]3C=C(CO)C[C@]4(O)C(=O)C(C)=C[C@H]4[C@@]3(O)[C@H](C)[C@H]1OC(=O)CCCCCCC(N)=O)C2(C)C. The Labute approximate surface area is 235 Å². The lowest BCUT2D eigenvalue weighted by Gasteiger charge is -2.53. The number of Topliss-reactive ketones (excluding diaryl/α,β-unsaturated/α-hetero) is 1. The lowest BCUT2D eigenvalue weighted by molar-refractivity contribution is -0.228. The highest BCUT2D eigenvalue weighted by Gasteiger charge is 2.87. The molecule has 1 unspecified atom stereocenters. The van der Waals surface area contributed by atoms with Crippen LogP contribution in [0.1, 0.15) is 79.6 Å². The molecule has 5 N–H and O–H groups in total. The summed E-state index contributed by atoms with van der Waals surface area (Å²) in [4.78, 5) is 49.7. The van der Waals surface area contributed by atoms with Crippen molar-refractivity contribution in [3.8, 4) is 0 Å². The van der Waals surface area contributed by atoms with Crippen molar-refractivity contribution in [1.29, 1.82) is 0 Å². The smallest absolute Gasteiger partial charge is 0.306 e. The number of esters is 2. The maximum atomic E-state index is 13.2. The van der Waals surface area contributed by atoms with E-state index >= 15 is 0 Å². The molecule has 4 aliphatic rings. The number of rotatable bonds is 10. The van der Waals surface area contributed by atoms with Crippen LogP contribution in [-0.4, -0.2) is 68.5 Å². The zero-order valence-corrected chi connectivity index (χ0v) is 24.1. The van der Waals surface area contributed by atoms with Crippen molar-refractivity contribution in [2.45, 2.75) is 102 Å². The highest BCUT2D eigenvalue weighted by Crippen LogP contribution is 2.77. The topological polar surface area (TPSA) is 173 Å². The van der Waals surface area contributed by atoms with Crippen molar-refractivity contribution >= 4 is 23.6 Å². The molecular formula is C30H43NO9. The Balaban J connectivity index is 1.70. The first-order chi connectivity index (χ1) is 18.6. The second kappa shape index (κ2) is 10.4. The number of hydrogen-bond acceptors (Lipinski definition) is 9. The van der Waals surface area contributed by atoms with Crippen LogP contribution in [-0.2, 0) is 28.7 Å². The highest BCUT2D eigenvalue weighted by molar-refractivity contribution is 6.04. The molecule has 0 spiro atoms. The van der Waals surface area contributed by atoms with Gasteiger partial charge in [0.1, 0.15) is 11.7 Å². The van der Waals surface area contributed by atoms with E-state index in [0.717, 1.165) is 6.42 Å². The summed E-state index contributed by atoms with van der Waals surface area (Å²) >= 11 is 0. The first-order valence-electron chi connectivity index (χ1n) is 14.2. The Morgan fingerprint density at radius 2 is 1.70 bits per heavy atom. The normalized spacial score (nSPS) is 39.1. The number of primary amides is 1. The van der Waals surface area contributed by atoms with Crippen LogP contribution in [0.2, 0.25) is 0 Å². The minimum atomic E-state index is -1.96. The number of hydrogen-bond donors (Lipinski definition) is 4. The Morgan fingerprint density at radius 1 is 1.07 bits per heavy atom. The average molecular weight is 562 g/mol. The minimum absolute atomic E-state index is 0.0995. The van der Waals surface area contributed by atoms with Crippen LogP contribution in [0, 0.1) is 29.1 Å². The average Bonchev–Trinajstić information content (AvgIpc) is 3.28. The molecule has 0 heterocycles. The van der Waals surface area contributed by atoms with E-state index in [-0.39, 0.29) is 18.7 Å². The molecule has 10 heteroatoms. The van der Waals surface area contributed by atoms with E-state index in [0.29, 0.717) is 36.8 Å². The van der Waals surface area contributed by atoms with E-state index in [1.807, 2.05) is 13.8 Å². The zero-order valence-electron chi connectivity index (χ0n) is 24.1. The van der Waals surface area contributed by atoms with Gasteiger partial charge in [-0.15, -0.1) is 0 Å². The van der Waals surface area contributed by atoms with E-state index in [1.54, 1.807) is 26.0 Å². The molecule has 0 aromatic heterocycles. The van der Waals surface area contributed by atoms with Gasteiger partial charge in [-0.25, -0.2) is 0 Å². The van der Waals surface area contributed by atoms with E-state index < -0.39 is 76.3 Å². The van der Waals surface area contributed by atoms with Crippen molar-refractivity contribution < 1.29 is 44.0 Å². The van der Waals surface area contributed by atoms with Crippen LogP contribution in [0.3, 0.4) is 0 Å². The van der Waals surface area contributed by atoms with Gasteiger partial charge in [0.15, 0.2) is 11.4 Å². The quantitative estimate of drug-likeness (QED) is 0.176. The molecule has 2 fully saturated rings. The van der Waals surface area contributed by atoms with Crippen molar-refractivity contribution in [3.63, 3.8) is 0 Å². The summed E-state index contributed by atoms with van der Waals surface area (Å²) in [6.07, 6.45) is 5.15. The molecule has 1 amide bonds. The van der Waals surface area contributed by atoms with Gasteiger partial charge in [0.2, 0.25) is 5.91 Å². The van der Waals surface area contributed by atoms with E-state index in [2.05, 4.69) is 0 Å². The van der Waals surface area contributed by atoms with Crippen molar-refractivity contribution in [2.75, 3.05) is 6.61 Å². The maximum Gasteiger partial charge on any atom is 0.306 e. The number of nitrogens with two attached hydrogens (primary N) is 1. The molecule has 2 saturated carbocycles. The number of fused-ring (bicyclic) bond motifs is 5. The van der Waals surface area contributed by atoms with Crippen molar-refractivity contribution in [3.05, 3.63) is 23.3 Å². The van der Waals surface area contributed by atoms with Crippen LogP contribution >= 0.6 is 0 Å². The van der Waals surface area contributed by atoms with Gasteiger partial charge in [-0.2, -0.15) is 0 Å². The van der Waals surface area contributed by atoms with Crippen LogP contribution in [0.25, 0.3) is 0 Å². The fourth-order valence-electron chi connectivity index (χ4n) is 8.18. The number of amides is 1. The highest BCUT2D eigenvalue weighted by atomic mass is 16.6. The summed E-state index contributed by atoms with van der Waals surface area (Å²) in [7, 11) is 0. The van der Waals surface area contributed by atoms with Gasteiger partial charge >= 0.3 is 11.9 Å². The molecule has 0 saturated heterocycles. The number of aliphatic hydroxyl groups is 3. The van der Waals surface area contributed by atoms with Crippen molar-refractivity contribution in [2.24, 2.45) is 34.8 Å². The molecule has 8 atom stereocenters. The van der Waals surface area contributed by atoms with Gasteiger partial charge < -0.3 is 30.5 Å². The second-order valence-corrected chi connectivity index (χ2v) is 12.8. The van der Waals surface area contributed by atoms with Crippen LogP contribution < -0.4 is 5.73 Å². The van der Waals surface area contributed by atoms with Gasteiger partial charge in [0.05, 0.1) is 12.2 Å². The number of ketones is 1. The number of carbonyl (C=O) groups is 4. The van der Waals surface area contributed by atoms with Crippen LogP contribution in [0.4, 0.5) is 0 Å². The summed E-state index contributed by atoms with van der Waals surface area (Å²) in [6.45, 7) is 7.96. The monoisotopic (exact) mass is 561 g/mol. The van der Waals surface area contributed by atoms with Gasteiger partial charge in [-0.1, -0.05) is 45.8 Å². The fraction of sp³-hybridized carbons (Fsp3) is 0.733. The standard InChI is InChI=1S/C30H43NO9/c1-16-12-21-28(37,25(16)36)14-19(15-32)13-20-24-27(4,5)30(24,40-18(3)33)26(17(2)29(20,21)38)39-23(35)11-9-7-6-8-10-22(31)34/h12-13,17,20-21,24,26,32,37-38H,6-11,14-15H2,1-5H3,(H2,31,34)/t17-,20+,21-,24?,26-,28-,29-,30-/m1/s1. The molecule has 0 radical (unpaired) electrons. The van der Waals surface area contributed by atoms with E-state index in [9.17, 15) is 34.5 Å². The first-order valence-corrected chi connectivity index (χ1v) is 14.2.